The first kappa shape index (κ1) is 28.9. The molecule has 0 saturated heterocycles. The average molecular weight is 569 g/mol. The number of carbonyl (C=O) groups is 1. The summed E-state index contributed by atoms with van der Waals surface area (Å²) in [5.41, 5.74) is -0.0377. The van der Waals surface area contributed by atoms with E-state index in [0.29, 0.717) is 59.0 Å². The van der Waals surface area contributed by atoms with Crippen LogP contribution in [-0.4, -0.2) is 12.6 Å². The Morgan fingerprint density at radius 2 is 1.22 bits per heavy atom. The molecule has 3 rings (SSSR count). The van der Waals surface area contributed by atoms with E-state index in [2.05, 4.69) is 13.8 Å². The number of hydrogen-bond donors (Lipinski definition) is 0. The van der Waals surface area contributed by atoms with Crippen molar-refractivity contribution in [2.75, 3.05) is 6.61 Å². The molecule has 0 N–H and O–H groups in total. The molecule has 1 unspecified atom stereocenters. The lowest BCUT2D eigenvalue weighted by Crippen LogP contribution is -2.20. The Kier molecular flexibility index (Phi) is 10.7. The van der Waals surface area contributed by atoms with E-state index in [1.165, 1.54) is 47.0 Å². The smallest absolute Gasteiger partial charge is 0.314 e. The third kappa shape index (κ3) is 6.25. The van der Waals surface area contributed by atoms with Crippen molar-refractivity contribution in [1.29, 1.82) is 21.0 Å². The third-order valence-electron chi connectivity index (χ3n) is 5.55. The molecule has 11 heteroatoms. The lowest BCUT2D eigenvalue weighted by atomic mass is 10.00. The average Bonchev–Trinajstić information content (AvgIpc) is 3.53. The van der Waals surface area contributed by atoms with Crippen LogP contribution in [0.2, 0.25) is 0 Å². The first-order valence-electron chi connectivity index (χ1n) is 11.9. The molecule has 1 atom stereocenters. The molecule has 2 heterocycles. The van der Waals surface area contributed by atoms with E-state index >= 15 is 0 Å². The number of fused-ring (bicyclic) bond motifs is 2. The third-order valence-corrected chi connectivity index (χ3v) is 10.7. The predicted molar refractivity (Wildman–Crippen MR) is 146 cm³/mol. The van der Waals surface area contributed by atoms with Crippen LogP contribution in [0.1, 0.15) is 59.3 Å². The van der Waals surface area contributed by atoms with Gasteiger partial charge in [0.15, 0.2) is 5.75 Å². The van der Waals surface area contributed by atoms with E-state index in [1.807, 2.05) is 31.2 Å². The Morgan fingerprint density at radius 1 is 0.757 bits per heavy atom. The Hall–Kier alpha value is -2.67. The van der Waals surface area contributed by atoms with E-state index < -0.39 is 0 Å². The molecular formula is C26H24N4O3S4. The quantitative estimate of drug-likeness (QED) is 0.118. The van der Waals surface area contributed by atoms with Gasteiger partial charge in [-0.2, -0.15) is 21.0 Å². The Labute approximate surface area is 234 Å². The fourth-order valence-corrected chi connectivity index (χ4v) is 8.70. The van der Waals surface area contributed by atoms with Gasteiger partial charge in [0, 0.05) is 0 Å². The van der Waals surface area contributed by atoms with Crippen molar-refractivity contribution >= 4 is 53.0 Å². The van der Waals surface area contributed by atoms with Gasteiger partial charge >= 0.3 is 5.97 Å². The van der Waals surface area contributed by atoms with E-state index in [4.69, 9.17) is 9.47 Å². The number of nitriles is 4. The van der Waals surface area contributed by atoms with Crippen LogP contribution in [0.3, 0.4) is 0 Å². The molecule has 190 valence electrons. The van der Waals surface area contributed by atoms with Crippen LogP contribution in [-0.2, 0) is 4.79 Å². The summed E-state index contributed by atoms with van der Waals surface area (Å²) in [7, 11) is 0. The van der Waals surface area contributed by atoms with Gasteiger partial charge in [-0.15, -0.1) is 0 Å². The van der Waals surface area contributed by atoms with Gasteiger partial charge in [-0.05, 0) is 19.3 Å². The number of carbonyl (C=O) groups excluding carboxylic acids is 1. The highest BCUT2D eigenvalue weighted by Gasteiger charge is 2.39. The van der Waals surface area contributed by atoms with Crippen LogP contribution >= 0.6 is 47.0 Å². The van der Waals surface area contributed by atoms with Crippen LogP contribution in [0, 0.1) is 51.2 Å². The summed E-state index contributed by atoms with van der Waals surface area (Å²) < 4.78 is 13.3. The van der Waals surface area contributed by atoms with Crippen molar-refractivity contribution in [3.05, 3.63) is 19.6 Å². The summed E-state index contributed by atoms with van der Waals surface area (Å²) in [6.45, 7) is 6.53. The highest BCUT2D eigenvalue weighted by molar-refractivity contribution is 8.26. The summed E-state index contributed by atoms with van der Waals surface area (Å²) in [6, 6.07) is 7.78. The first-order valence-corrected chi connectivity index (χ1v) is 15.1. The van der Waals surface area contributed by atoms with E-state index in [1.54, 1.807) is 0 Å². The molecule has 1 aromatic carbocycles. The molecule has 2 aliphatic rings. The lowest BCUT2D eigenvalue weighted by Gasteiger charge is -2.19. The molecule has 0 aliphatic carbocycles. The maximum atomic E-state index is 13.3. The van der Waals surface area contributed by atoms with Crippen LogP contribution in [0.5, 0.6) is 11.5 Å². The molecule has 0 radical (unpaired) electrons. The van der Waals surface area contributed by atoms with Gasteiger partial charge < -0.3 is 9.47 Å². The zero-order valence-corrected chi connectivity index (χ0v) is 23.9. The zero-order chi connectivity index (χ0) is 26.9. The van der Waals surface area contributed by atoms with Gasteiger partial charge in [0.05, 0.1) is 40.6 Å². The van der Waals surface area contributed by atoms with E-state index in [0.717, 1.165) is 25.7 Å². The topological polar surface area (TPSA) is 131 Å². The normalized spacial score (nSPS) is 13.9. The molecule has 2 aliphatic heterocycles. The van der Waals surface area contributed by atoms with E-state index in [9.17, 15) is 25.8 Å². The maximum absolute atomic E-state index is 13.3. The Balaban J connectivity index is 2.21. The van der Waals surface area contributed by atoms with Crippen LogP contribution in [0.15, 0.2) is 39.2 Å². The minimum Gasteiger partial charge on any atom is -0.491 e. The largest absolute Gasteiger partial charge is 0.491 e. The summed E-state index contributed by atoms with van der Waals surface area (Å²) in [6.07, 6.45) is 4.98. The maximum Gasteiger partial charge on any atom is 0.314 e. The number of rotatable bonds is 10. The van der Waals surface area contributed by atoms with E-state index in [-0.39, 0.29) is 23.0 Å². The second-order valence-electron chi connectivity index (χ2n) is 8.03. The number of nitrogens with zero attached hydrogens (tertiary/aromatic N) is 4. The zero-order valence-electron chi connectivity index (χ0n) is 20.7. The summed E-state index contributed by atoms with van der Waals surface area (Å²) in [5, 5.41) is 37.9. The van der Waals surface area contributed by atoms with Gasteiger partial charge in [0.25, 0.3) is 0 Å². The number of benzene rings is 1. The fraction of sp³-hybridized carbons (Fsp3) is 0.423. The Bertz CT molecular complexity index is 1210. The summed E-state index contributed by atoms with van der Waals surface area (Å²) in [4.78, 5) is 15.8. The Morgan fingerprint density at radius 3 is 1.62 bits per heavy atom. The molecule has 0 fully saturated rings. The molecule has 0 saturated carbocycles. The standard InChI is InChI=1S/C26H24N4O3S4/c1-4-7-9-15(6-3)24(31)33-19-22-20(34-25(36-22)16(11-27)12-28)18(32-10-8-5-2)21-23(19)37-26(35-21)17(13-29)14-30/h15H,4-10H2,1-3H3. The predicted octanol–water partition coefficient (Wildman–Crippen LogP) is 7.90. The second-order valence-corrected chi connectivity index (χ2v) is 12.6. The van der Waals surface area contributed by atoms with Crippen LogP contribution in [0.4, 0.5) is 0 Å². The number of allylic oxidation sites excluding steroid dienone is 2. The first-order chi connectivity index (χ1) is 18.0. The van der Waals surface area contributed by atoms with Crippen LogP contribution in [0.25, 0.3) is 0 Å². The molecule has 0 bridgehead atoms. The molecule has 1 aromatic rings. The highest BCUT2D eigenvalue weighted by atomic mass is 32.2. The van der Waals surface area contributed by atoms with Crippen LogP contribution < -0.4 is 9.47 Å². The molecule has 0 amide bonds. The van der Waals surface area contributed by atoms with Gasteiger partial charge in [-0.1, -0.05) is 87.1 Å². The fourth-order valence-electron chi connectivity index (χ4n) is 3.50. The number of unbranched alkanes of at least 4 members (excludes halogenated alkanes) is 2. The molecular weight excluding hydrogens is 545 g/mol. The number of ether oxygens (including phenoxy) is 2. The van der Waals surface area contributed by atoms with Gasteiger partial charge in [-0.25, -0.2) is 0 Å². The number of thioether (sulfide) groups is 4. The lowest BCUT2D eigenvalue weighted by molar-refractivity contribution is -0.139. The molecule has 7 nitrogen and oxygen atoms in total. The monoisotopic (exact) mass is 568 g/mol. The van der Waals surface area contributed by atoms with Crippen molar-refractivity contribution in [2.24, 2.45) is 5.92 Å². The molecule has 0 spiro atoms. The van der Waals surface area contributed by atoms with Crippen molar-refractivity contribution in [1.82, 2.24) is 0 Å². The van der Waals surface area contributed by atoms with Gasteiger partial charge in [0.2, 0.25) is 0 Å². The molecule has 37 heavy (non-hydrogen) atoms. The summed E-state index contributed by atoms with van der Waals surface area (Å²) in [5.74, 6) is 0.282. The highest BCUT2D eigenvalue weighted by Crippen LogP contribution is 2.68. The van der Waals surface area contributed by atoms with Crippen molar-refractivity contribution in [2.45, 2.75) is 78.9 Å². The van der Waals surface area contributed by atoms with Crippen molar-refractivity contribution < 1.29 is 14.3 Å². The van der Waals surface area contributed by atoms with Gasteiger partial charge in [-0.3, -0.25) is 4.79 Å². The van der Waals surface area contributed by atoms with Gasteiger partial charge in [0.1, 0.15) is 41.2 Å². The van der Waals surface area contributed by atoms with Crippen molar-refractivity contribution in [3.8, 4) is 35.8 Å². The number of hydrogen-bond acceptors (Lipinski definition) is 11. The molecule has 0 aromatic heterocycles. The minimum absolute atomic E-state index is 0.0188. The summed E-state index contributed by atoms with van der Waals surface area (Å²) >= 11 is 4.92. The number of esters is 1. The minimum atomic E-state index is -0.340. The van der Waals surface area contributed by atoms with Crippen molar-refractivity contribution in [3.63, 3.8) is 0 Å². The second kappa shape index (κ2) is 13.8. The SMILES string of the molecule is CCCCOc1c2c(c(OC(=O)C(CC)CCCC)c3c1SC(=C(C#N)C#N)S3)SC(=C(C#N)C#N)S2.